The Kier molecular flexibility index (Phi) is 5.18. The van der Waals surface area contributed by atoms with E-state index in [9.17, 15) is 4.79 Å². The van der Waals surface area contributed by atoms with E-state index in [0.29, 0.717) is 28.5 Å². The molecule has 0 spiro atoms. The second kappa shape index (κ2) is 8.66. The van der Waals surface area contributed by atoms with Gasteiger partial charge in [-0.2, -0.15) is 5.10 Å². The van der Waals surface area contributed by atoms with Gasteiger partial charge in [-0.05, 0) is 35.9 Å². The van der Waals surface area contributed by atoms with E-state index in [-0.39, 0.29) is 11.8 Å². The maximum absolute atomic E-state index is 12.1. The Bertz CT molecular complexity index is 1720. The van der Waals surface area contributed by atoms with Crippen molar-refractivity contribution in [1.29, 1.82) is 0 Å². The summed E-state index contributed by atoms with van der Waals surface area (Å²) in [6, 6.07) is 9.63. The molecule has 0 atom stereocenters. The Balaban J connectivity index is 1.41. The highest BCUT2D eigenvalue weighted by Crippen LogP contribution is 2.31. The molecule has 0 aliphatic carbocycles. The van der Waals surface area contributed by atoms with E-state index in [1.807, 2.05) is 44.2 Å². The summed E-state index contributed by atoms with van der Waals surface area (Å²) < 4.78 is 0. The van der Waals surface area contributed by atoms with Crippen LogP contribution in [0.25, 0.3) is 56.0 Å². The minimum atomic E-state index is -0.131. The molecule has 176 valence electrons. The van der Waals surface area contributed by atoms with Gasteiger partial charge in [-0.1, -0.05) is 13.8 Å². The SMILES string of the molecule is CC(C)C(=O)Nc1cncc(-c2cc3c(-c4nc5nccc(-c6ccncc6)c5[nH]4)n[nH]c3cn2)c1. The van der Waals surface area contributed by atoms with E-state index in [1.165, 1.54) is 0 Å². The lowest BCUT2D eigenvalue weighted by molar-refractivity contribution is -0.118. The highest BCUT2D eigenvalue weighted by Gasteiger charge is 2.17. The number of nitrogens with zero attached hydrogens (tertiary/aromatic N) is 6. The lowest BCUT2D eigenvalue weighted by atomic mass is 10.1. The fourth-order valence-electron chi connectivity index (χ4n) is 3.99. The lowest BCUT2D eigenvalue weighted by Gasteiger charge is -2.08. The Morgan fingerprint density at radius 1 is 0.944 bits per heavy atom. The summed E-state index contributed by atoms with van der Waals surface area (Å²) in [6.45, 7) is 3.69. The third-order valence-electron chi connectivity index (χ3n) is 5.88. The fraction of sp³-hybridized carbons (Fsp3) is 0.115. The number of H-pyrrole nitrogens is 2. The lowest BCUT2D eigenvalue weighted by Crippen LogP contribution is -2.17. The second-order valence-corrected chi connectivity index (χ2v) is 8.67. The maximum atomic E-state index is 12.1. The van der Waals surface area contributed by atoms with Crippen LogP contribution in [0.5, 0.6) is 0 Å². The first-order valence-corrected chi connectivity index (χ1v) is 11.4. The number of rotatable bonds is 5. The minimum absolute atomic E-state index is 0.0703. The zero-order valence-electron chi connectivity index (χ0n) is 19.5. The summed E-state index contributed by atoms with van der Waals surface area (Å²) in [6.07, 6.45) is 10.3. The average Bonchev–Trinajstić information content (AvgIpc) is 3.53. The molecule has 0 saturated heterocycles. The molecule has 36 heavy (non-hydrogen) atoms. The van der Waals surface area contributed by atoms with Crippen LogP contribution < -0.4 is 5.32 Å². The number of aromatic amines is 2. The van der Waals surface area contributed by atoms with Crippen molar-refractivity contribution in [3.8, 4) is 33.9 Å². The molecule has 0 aliphatic heterocycles. The third kappa shape index (κ3) is 3.84. The predicted octanol–water partition coefficient (Wildman–Crippen LogP) is 4.61. The van der Waals surface area contributed by atoms with E-state index < -0.39 is 0 Å². The number of fused-ring (bicyclic) bond motifs is 2. The van der Waals surface area contributed by atoms with Crippen LogP contribution in [-0.2, 0) is 4.79 Å². The van der Waals surface area contributed by atoms with Crippen LogP contribution in [0, 0.1) is 5.92 Å². The molecular weight excluding hydrogens is 454 g/mol. The molecule has 0 bridgehead atoms. The van der Waals surface area contributed by atoms with Gasteiger partial charge in [0.25, 0.3) is 0 Å². The third-order valence-corrected chi connectivity index (χ3v) is 5.88. The van der Waals surface area contributed by atoms with Crippen molar-refractivity contribution in [1.82, 2.24) is 40.1 Å². The van der Waals surface area contributed by atoms with Crippen molar-refractivity contribution in [3.05, 3.63) is 67.5 Å². The van der Waals surface area contributed by atoms with Crippen LogP contribution in [0.1, 0.15) is 13.8 Å². The van der Waals surface area contributed by atoms with Gasteiger partial charge < -0.3 is 10.3 Å². The summed E-state index contributed by atoms with van der Waals surface area (Å²) in [5, 5.41) is 11.3. The van der Waals surface area contributed by atoms with Crippen molar-refractivity contribution >= 4 is 33.7 Å². The molecule has 6 heterocycles. The van der Waals surface area contributed by atoms with Gasteiger partial charge in [0.15, 0.2) is 11.5 Å². The van der Waals surface area contributed by atoms with Gasteiger partial charge in [-0.3, -0.25) is 24.8 Å². The first kappa shape index (κ1) is 21.5. The molecule has 6 aromatic rings. The number of nitrogens with one attached hydrogen (secondary N) is 3. The molecule has 0 saturated carbocycles. The Morgan fingerprint density at radius 3 is 2.64 bits per heavy atom. The number of imidazole rings is 1. The molecule has 6 aromatic heterocycles. The van der Waals surface area contributed by atoms with E-state index >= 15 is 0 Å². The fourth-order valence-corrected chi connectivity index (χ4v) is 3.99. The van der Waals surface area contributed by atoms with Gasteiger partial charge in [0.05, 0.1) is 34.8 Å². The topological polar surface area (TPSA) is 138 Å². The number of anilines is 1. The van der Waals surface area contributed by atoms with E-state index in [4.69, 9.17) is 4.98 Å². The Labute approximate surface area is 205 Å². The molecular formula is C26H21N9O. The van der Waals surface area contributed by atoms with Crippen LogP contribution >= 0.6 is 0 Å². The van der Waals surface area contributed by atoms with Crippen LogP contribution in [-0.4, -0.2) is 46.0 Å². The normalized spacial score (nSPS) is 11.4. The Hall–Kier alpha value is -4.99. The van der Waals surface area contributed by atoms with Gasteiger partial charge in [-0.25, -0.2) is 9.97 Å². The molecule has 6 rings (SSSR count). The number of amides is 1. The van der Waals surface area contributed by atoms with Crippen LogP contribution in [0.2, 0.25) is 0 Å². The second-order valence-electron chi connectivity index (χ2n) is 8.67. The van der Waals surface area contributed by atoms with Crippen molar-refractivity contribution in [3.63, 3.8) is 0 Å². The molecule has 0 aliphatic rings. The number of pyridine rings is 4. The molecule has 10 nitrogen and oxygen atoms in total. The minimum Gasteiger partial charge on any atom is -0.335 e. The summed E-state index contributed by atoms with van der Waals surface area (Å²) in [5.74, 6) is 0.395. The highest BCUT2D eigenvalue weighted by molar-refractivity contribution is 5.97. The van der Waals surface area contributed by atoms with Gasteiger partial charge in [0, 0.05) is 47.2 Å². The number of carbonyl (C=O) groups excluding carboxylic acids is 1. The molecule has 0 radical (unpaired) electrons. The zero-order valence-corrected chi connectivity index (χ0v) is 19.5. The van der Waals surface area contributed by atoms with E-state index in [0.717, 1.165) is 33.1 Å². The number of hydrogen-bond acceptors (Lipinski definition) is 7. The largest absolute Gasteiger partial charge is 0.335 e. The van der Waals surface area contributed by atoms with Gasteiger partial charge in [-0.15, -0.1) is 0 Å². The molecule has 0 unspecified atom stereocenters. The first-order chi connectivity index (χ1) is 17.6. The van der Waals surface area contributed by atoms with Crippen LogP contribution in [0.15, 0.2) is 67.5 Å². The van der Waals surface area contributed by atoms with Crippen molar-refractivity contribution in [2.75, 3.05) is 5.32 Å². The van der Waals surface area contributed by atoms with Crippen molar-refractivity contribution < 1.29 is 4.79 Å². The molecule has 1 amide bonds. The highest BCUT2D eigenvalue weighted by atomic mass is 16.1. The summed E-state index contributed by atoms with van der Waals surface area (Å²) >= 11 is 0. The van der Waals surface area contributed by atoms with E-state index in [2.05, 4.69) is 40.4 Å². The Morgan fingerprint density at radius 2 is 1.81 bits per heavy atom. The van der Waals surface area contributed by atoms with Crippen molar-refractivity contribution in [2.45, 2.75) is 13.8 Å². The molecule has 10 heteroatoms. The monoisotopic (exact) mass is 475 g/mol. The predicted molar refractivity (Wildman–Crippen MR) is 137 cm³/mol. The first-order valence-electron chi connectivity index (χ1n) is 11.4. The molecule has 3 N–H and O–H groups in total. The summed E-state index contributed by atoms with van der Waals surface area (Å²) in [7, 11) is 0. The quantitative estimate of drug-likeness (QED) is 0.331. The maximum Gasteiger partial charge on any atom is 0.226 e. The van der Waals surface area contributed by atoms with Gasteiger partial charge in [0.1, 0.15) is 5.69 Å². The smallest absolute Gasteiger partial charge is 0.226 e. The van der Waals surface area contributed by atoms with E-state index in [1.54, 1.807) is 37.2 Å². The molecule has 0 aromatic carbocycles. The van der Waals surface area contributed by atoms with Crippen molar-refractivity contribution in [2.24, 2.45) is 5.92 Å². The number of aromatic nitrogens is 8. The average molecular weight is 476 g/mol. The molecule has 0 fully saturated rings. The summed E-state index contributed by atoms with van der Waals surface area (Å²) in [5.41, 5.74) is 6.94. The zero-order chi connectivity index (χ0) is 24.6. The van der Waals surface area contributed by atoms with Gasteiger partial charge in [0.2, 0.25) is 5.91 Å². The van der Waals surface area contributed by atoms with Crippen LogP contribution in [0.3, 0.4) is 0 Å². The number of hydrogen-bond donors (Lipinski definition) is 3. The van der Waals surface area contributed by atoms with Gasteiger partial charge >= 0.3 is 0 Å². The summed E-state index contributed by atoms with van der Waals surface area (Å²) in [4.78, 5) is 37.6. The number of carbonyl (C=O) groups is 1. The van der Waals surface area contributed by atoms with Crippen LogP contribution in [0.4, 0.5) is 5.69 Å². The standard InChI is InChI=1S/C26H21N9O/c1-14(2)26(36)31-17-9-16(11-28-12-17)20-10-19-21(13-30-20)34-35-23(19)25-32-22-18(5-8-29-24(22)33-25)15-3-6-27-7-4-15/h3-14H,1-2H3,(H,31,36)(H,34,35)(H,29,32,33).